The summed E-state index contributed by atoms with van der Waals surface area (Å²) in [5.41, 5.74) is 0.596. The zero-order chi connectivity index (χ0) is 17.7. The van der Waals surface area contributed by atoms with Gasteiger partial charge in [-0.25, -0.2) is 13.1 Å². The molecule has 1 N–H and O–H groups in total. The van der Waals surface area contributed by atoms with E-state index in [1.54, 1.807) is 23.1 Å². The Morgan fingerprint density at radius 3 is 2.83 bits per heavy atom. The average Bonchev–Trinajstić information content (AvgIpc) is 2.59. The van der Waals surface area contributed by atoms with Gasteiger partial charge >= 0.3 is 0 Å². The maximum atomic E-state index is 12.3. The average molecular weight is 354 g/mol. The Morgan fingerprint density at radius 1 is 1.46 bits per heavy atom. The Kier molecular flexibility index (Phi) is 5.98. The predicted octanol–water partition coefficient (Wildman–Crippen LogP) is 0.864. The number of nitrogens with zero attached hydrogens (tertiary/aromatic N) is 1. The van der Waals surface area contributed by atoms with Crippen molar-refractivity contribution in [3.8, 4) is 5.75 Å². The molecule has 1 aliphatic heterocycles. The molecule has 24 heavy (non-hydrogen) atoms. The lowest BCUT2D eigenvalue weighted by molar-refractivity contribution is -0.133. The van der Waals surface area contributed by atoms with Crippen LogP contribution in [0.3, 0.4) is 0 Å². The van der Waals surface area contributed by atoms with E-state index in [1.807, 2.05) is 6.92 Å². The lowest BCUT2D eigenvalue weighted by Gasteiger charge is -2.32. The number of methoxy groups -OCH3 is 1. The quantitative estimate of drug-likeness (QED) is 0.793. The second kappa shape index (κ2) is 7.78. The molecule has 0 bridgehead atoms. The Bertz CT molecular complexity index is 730. The van der Waals surface area contributed by atoms with Crippen LogP contribution < -0.4 is 9.46 Å². The van der Waals surface area contributed by atoms with Crippen molar-refractivity contribution in [3.63, 3.8) is 0 Å². The summed E-state index contributed by atoms with van der Waals surface area (Å²) in [6.07, 6.45) is 3.04. The van der Waals surface area contributed by atoms with E-state index in [0.717, 1.165) is 0 Å². The lowest BCUT2D eigenvalue weighted by atomic mass is 10.2. The zero-order valence-electron chi connectivity index (χ0n) is 14.0. The lowest BCUT2D eigenvalue weighted by Crippen LogP contribution is -2.46. The summed E-state index contributed by atoms with van der Waals surface area (Å²) >= 11 is 0. The molecule has 1 unspecified atom stereocenters. The number of morpholine rings is 1. The van der Waals surface area contributed by atoms with Gasteiger partial charge in [0.2, 0.25) is 15.9 Å². The van der Waals surface area contributed by atoms with Gasteiger partial charge in [0.25, 0.3) is 0 Å². The van der Waals surface area contributed by atoms with Crippen LogP contribution in [0.4, 0.5) is 0 Å². The number of sulfonamides is 1. The molecule has 0 aromatic heterocycles. The minimum atomic E-state index is -3.65. The second-order valence-corrected chi connectivity index (χ2v) is 7.26. The standard InChI is InChI=1S/C16H22N2O5S/c1-12-11-23-9-8-18(12)16(19)7-5-13-4-6-14(22-3)15(10-13)24(20,21)17-2/h4-7,10,12,17H,8-9,11H2,1-3H3/b7-5+. The Hall–Kier alpha value is -1.90. The molecule has 1 saturated heterocycles. The summed E-state index contributed by atoms with van der Waals surface area (Å²) in [5.74, 6) is 0.120. The molecular weight excluding hydrogens is 332 g/mol. The van der Waals surface area contributed by atoms with Gasteiger partial charge in [0.1, 0.15) is 10.6 Å². The van der Waals surface area contributed by atoms with Gasteiger partial charge in [0.05, 0.1) is 26.4 Å². The number of benzene rings is 1. The van der Waals surface area contributed by atoms with Gasteiger partial charge in [0, 0.05) is 12.6 Å². The summed E-state index contributed by atoms with van der Waals surface area (Å²) in [4.78, 5) is 14.0. The molecule has 1 aromatic carbocycles. The van der Waals surface area contributed by atoms with Crippen molar-refractivity contribution < 1.29 is 22.7 Å². The maximum absolute atomic E-state index is 12.3. The van der Waals surface area contributed by atoms with E-state index < -0.39 is 10.0 Å². The highest BCUT2D eigenvalue weighted by Gasteiger charge is 2.22. The first kappa shape index (κ1) is 18.4. The van der Waals surface area contributed by atoms with Crippen molar-refractivity contribution in [2.75, 3.05) is 33.9 Å². The Balaban J connectivity index is 2.23. The van der Waals surface area contributed by atoms with Crippen LogP contribution in [0.1, 0.15) is 12.5 Å². The summed E-state index contributed by atoms with van der Waals surface area (Å²) in [7, 11) is -0.912. The summed E-state index contributed by atoms with van der Waals surface area (Å²) < 4.78 is 36.8. The molecule has 1 aromatic rings. The molecule has 0 spiro atoms. The first-order valence-corrected chi connectivity index (χ1v) is 9.05. The summed E-state index contributed by atoms with van der Waals surface area (Å²) in [5, 5.41) is 0. The highest BCUT2D eigenvalue weighted by Crippen LogP contribution is 2.25. The number of ether oxygens (including phenoxy) is 2. The van der Waals surface area contributed by atoms with Gasteiger partial charge in [0.15, 0.2) is 0 Å². The minimum absolute atomic E-state index is 0.0204. The fourth-order valence-electron chi connectivity index (χ4n) is 2.43. The SMILES string of the molecule is CNS(=O)(=O)c1cc(/C=C/C(=O)N2CCOCC2C)ccc1OC. The summed E-state index contributed by atoms with van der Waals surface area (Å²) in [6, 6.07) is 4.75. The molecule has 1 amide bonds. The van der Waals surface area contributed by atoms with E-state index in [-0.39, 0.29) is 22.6 Å². The van der Waals surface area contributed by atoms with Crippen LogP contribution in [0.2, 0.25) is 0 Å². The molecule has 1 heterocycles. The minimum Gasteiger partial charge on any atom is -0.495 e. The molecular formula is C16H22N2O5S. The smallest absolute Gasteiger partial charge is 0.246 e. The van der Waals surface area contributed by atoms with Crippen LogP contribution in [-0.2, 0) is 19.6 Å². The van der Waals surface area contributed by atoms with Crippen LogP contribution >= 0.6 is 0 Å². The number of carbonyl (C=O) groups is 1. The highest BCUT2D eigenvalue weighted by atomic mass is 32.2. The molecule has 2 rings (SSSR count). The second-order valence-electron chi connectivity index (χ2n) is 5.41. The van der Waals surface area contributed by atoms with E-state index in [0.29, 0.717) is 25.3 Å². The van der Waals surface area contributed by atoms with Crippen LogP contribution in [0.5, 0.6) is 5.75 Å². The molecule has 132 valence electrons. The third-order valence-corrected chi connectivity index (χ3v) is 5.25. The van der Waals surface area contributed by atoms with Crippen molar-refractivity contribution in [1.82, 2.24) is 9.62 Å². The fraction of sp³-hybridized carbons (Fsp3) is 0.438. The molecule has 7 nitrogen and oxygen atoms in total. The third-order valence-electron chi connectivity index (χ3n) is 3.82. The number of amides is 1. The predicted molar refractivity (Wildman–Crippen MR) is 90.3 cm³/mol. The van der Waals surface area contributed by atoms with Crippen LogP contribution in [0.25, 0.3) is 6.08 Å². The molecule has 0 aliphatic carbocycles. The van der Waals surface area contributed by atoms with Gasteiger partial charge < -0.3 is 14.4 Å². The monoisotopic (exact) mass is 354 g/mol. The molecule has 0 saturated carbocycles. The van der Waals surface area contributed by atoms with Gasteiger partial charge in [-0.05, 0) is 37.7 Å². The van der Waals surface area contributed by atoms with E-state index in [9.17, 15) is 13.2 Å². The number of carbonyl (C=O) groups excluding carboxylic acids is 1. The Labute approximate surface area is 142 Å². The van der Waals surface area contributed by atoms with Crippen molar-refractivity contribution in [2.24, 2.45) is 0 Å². The normalized spacial score (nSPS) is 18.8. The number of hydrogen-bond donors (Lipinski definition) is 1. The molecule has 1 aliphatic rings. The molecule has 8 heteroatoms. The van der Waals surface area contributed by atoms with Crippen molar-refractivity contribution >= 4 is 22.0 Å². The molecule has 1 fully saturated rings. The van der Waals surface area contributed by atoms with E-state index in [2.05, 4.69) is 4.72 Å². The van der Waals surface area contributed by atoms with E-state index in [1.165, 1.54) is 26.3 Å². The number of hydrogen-bond acceptors (Lipinski definition) is 5. The van der Waals surface area contributed by atoms with Crippen LogP contribution in [-0.4, -0.2) is 59.2 Å². The first-order valence-electron chi connectivity index (χ1n) is 7.57. The Morgan fingerprint density at radius 2 is 2.21 bits per heavy atom. The van der Waals surface area contributed by atoms with Crippen LogP contribution in [0.15, 0.2) is 29.2 Å². The van der Waals surface area contributed by atoms with E-state index in [4.69, 9.17) is 9.47 Å². The van der Waals surface area contributed by atoms with Gasteiger partial charge in [-0.1, -0.05) is 6.07 Å². The highest BCUT2D eigenvalue weighted by molar-refractivity contribution is 7.89. The number of rotatable bonds is 5. The van der Waals surface area contributed by atoms with Crippen molar-refractivity contribution in [3.05, 3.63) is 29.8 Å². The van der Waals surface area contributed by atoms with E-state index >= 15 is 0 Å². The largest absolute Gasteiger partial charge is 0.495 e. The van der Waals surface area contributed by atoms with Crippen LogP contribution in [0, 0.1) is 0 Å². The fourth-order valence-corrected chi connectivity index (χ4v) is 3.36. The zero-order valence-corrected chi connectivity index (χ0v) is 14.8. The third kappa shape index (κ3) is 4.14. The maximum Gasteiger partial charge on any atom is 0.246 e. The van der Waals surface area contributed by atoms with Crippen molar-refractivity contribution in [2.45, 2.75) is 17.9 Å². The van der Waals surface area contributed by atoms with Gasteiger partial charge in [-0.2, -0.15) is 0 Å². The summed E-state index contributed by atoms with van der Waals surface area (Å²) in [6.45, 7) is 3.52. The van der Waals surface area contributed by atoms with Gasteiger partial charge in [-0.15, -0.1) is 0 Å². The first-order chi connectivity index (χ1) is 11.4. The number of nitrogens with one attached hydrogen (secondary N) is 1. The topological polar surface area (TPSA) is 84.9 Å². The van der Waals surface area contributed by atoms with Gasteiger partial charge in [-0.3, -0.25) is 4.79 Å². The molecule has 1 atom stereocenters. The molecule has 0 radical (unpaired) electrons. The van der Waals surface area contributed by atoms with Crippen molar-refractivity contribution in [1.29, 1.82) is 0 Å².